The number of carbonyl (C=O) groups is 1. The van der Waals surface area contributed by atoms with Gasteiger partial charge in [0.1, 0.15) is 0 Å². The normalized spacial score (nSPS) is 24.2. The molecule has 3 aliphatic rings. The van der Waals surface area contributed by atoms with Gasteiger partial charge in [0.25, 0.3) is 0 Å². The minimum absolute atomic E-state index is 0. The monoisotopic (exact) mass is 348 g/mol. The Morgan fingerprint density at radius 2 is 1.62 bits per heavy atom. The van der Waals surface area contributed by atoms with Crippen molar-refractivity contribution in [3.8, 4) is 0 Å². The number of hydrogen-bond acceptors (Lipinski definition) is 2. The van der Waals surface area contributed by atoms with Crippen LogP contribution in [0.25, 0.3) is 0 Å². The Hall–Kier alpha value is -1.06. The summed E-state index contributed by atoms with van der Waals surface area (Å²) < 4.78 is 0. The molecule has 1 aromatic rings. The molecule has 3 fully saturated rings. The number of hydrogen-bond donors (Lipinski definition) is 1. The topological polar surface area (TPSA) is 32.3 Å². The first-order chi connectivity index (χ1) is 11.3. The van der Waals surface area contributed by atoms with Gasteiger partial charge in [-0.1, -0.05) is 31.4 Å². The van der Waals surface area contributed by atoms with E-state index in [2.05, 4.69) is 29.6 Å². The van der Waals surface area contributed by atoms with E-state index in [0.717, 1.165) is 50.5 Å². The van der Waals surface area contributed by atoms with E-state index in [1.54, 1.807) is 0 Å². The minimum Gasteiger partial charge on any atom is -0.317 e. The van der Waals surface area contributed by atoms with Crippen LogP contribution in [0.2, 0.25) is 0 Å². The molecule has 0 unspecified atom stereocenters. The van der Waals surface area contributed by atoms with E-state index in [1.165, 1.54) is 37.7 Å². The molecule has 132 valence electrons. The number of amides is 1. The van der Waals surface area contributed by atoms with Crippen LogP contribution in [0, 0.1) is 5.41 Å². The van der Waals surface area contributed by atoms with Crippen LogP contribution in [-0.4, -0.2) is 25.5 Å². The highest BCUT2D eigenvalue weighted by atomic mass is 35.5. The molecular formula is C20H29ClN2O. The molecule has 2 aliphatic heterocycles. The highest BCUT2D eigenvalue weighted by Gasteiger charge is 2.47. The van der Waals surface area contributed by atoms with Crippen molar-refractivity contribution in [1.29, 1.82) is 0 Å². The summed E-state index contributed by atoms with van der Waals surface area (Å²) in [5.74, 6) is 1.10. The van der Waals surface area contributed by atoms with Crippen molar-refractivity contribution in [2.24, 2.45) is 5.41 Å². The molecule has 2 saturated heterocycles. The fraction of sp³-hybridized carbons (Fsp3) is 0.650. The van der Waals surface area contributed by atoms with Gasteiger partial charge in [-0.25, -0.2) is 0 Å². The maximum absolute atomic E-state index is 13.0. The first kappa shape index (κ1) is 17.8. The lowest BCUT2D eigenvalue weighted by Crippen LogP contribution is -2.42. The molecule has 1 spiro atoms. The van der Waals surface area contributed by atoms with Crippen molar-refractivity contribution in [3.05, 3.63) is 29.8 Å². The molecule has 4 rings (SSSR count). The van der Waals surface area contributed by atoms with Crippen molar-refractivity contribution in [2.45, 2.75) is 57.3 Å². The van der Waals surface area contributed by atoms with Gasteiger partial charge in [-0.2, -0.15) is 0 Å². The molecule has 0 aromatic heterocycles. The van der Waals surface area contributed by atoms with Crippen LogP contribution in [0.1, 0.15) is 62.8 Å². The minimum atomic E-state index is -0.0761. The second-order valence-corrected chi connectivity index (χ2v) is 7.66. The largest absolute Gasteiger partial charge is 0.317 e. The highest BCUT2D eigenvalue weighted by Crippen LogP contribution is 2.42. The molecule has 1 saturated carbocycles. The molecule has 0 bridgehead atoms. The van der Waals surface area contributed by atoms with Gasteiger partial charge in [0, 0.05) is 12.2 Å². The zero-order valence-corrected chi connectivity index (χ0v) is 15.2. The van der Waals surface area contributed by atoms with Crippen molar-refractivity contribution in [3.63, 3.8) is 0 Å². The van der Waals surface area contributed by atoms with Gasteiger partial charge < -0.3 is 10.2 Å². The van der Waals surface area contributed by atoms with Gasteiger partial charge >= 0.3 is 0 Å². The van der Waals surface area contributed by atoms with Crippen molar-refractivity contribution in [2.75, 3.05) is 24.5 Å². The van der Waals surface area contributed by atoms with E-state index in [-0.39, 0.29) is 17.8 Å². The average Bonchev–Trinajstić information content (AvgIpc) is 2.93. The molecule has 2 heterocycles. The Morgan fingerprint density at radius 3 is 2.29 bits per heavy atom. The van der Waals surface area contributed by atoms with Crippen LogP contribution in [0.5, 0.6) is 0 Å². The number of benzene rings is 1. The zero-order valence-electron chi connectivity index (χ0n) is 14.4. The third-order valence-electron chi connectivity index (χ3n) is 6.35. The van der Waals surface area contributed by atoms with Crippen molar-refractivity contribution in [1.82, 2.24) is 5.32 Å². The molecule has 4 heteroatoms. The second-order valence-electron chi connectivity index (χ2n) is 7.66. The summed E-state index contributed by atoms with van der Waals surface area (Å²) in [7, 11) is 0. The number of rotatable bonds is 2. The van der Waals surface area contributed by atoms with Gasteiger partial charge in [-0.15, -0.1) is 12.4 Å². The Kier molecular flexibility index (Phi) is 5.51. The summed E-state index contributed by atoms with van der Waals surface area (Å²) in [4.78, 5) is 15.0. The highest BCUT2D eigenvalue weighted by molar-refractivity contribution is 6.00. The molecule has 0 atom stereocenters. The summed E-state index contributed by atoms with van der Waals surface area (Å²) in [6, 6.07) is 8.90. The quantitative estimate of drug-likeness (QED) is 0.865. The maximum Gasteiger partial charge on any atom is 0.233 e. The summed E-state index contributed by atoms with van der Waals surface area (Å²) in [5, 5.41) is 3.38. The maximum atomic E-state index is 13.0. The Labute approximate surface area is 151 Å². The van der Waals surface area contributed by atoms with Gasteiger partial charge in [0.2, 0.25) is 5.91 Å². The fourth-order valence-electron chi connectivity index (χ4n) is 4.80. The number of piperidine rings is 1. The summed E-state index contributed by atoms with van der Waals surface area (Å²) >= 11 is 0. The average molecular weight is 349 g/mol. The lowest BCUT2D eigenvalue weighted by atomic mass is 9.77. The SMILES string of the molecule is Cl.O=C1N(c2ccc(C3CCCCC3)cc2)CCC12CCNCC2. The van der Waals surface area contributed by atoms with Crippen LogP contribution in [0.15, 0.2) is 24.3 Å². The Morgan fingerprint density at radius 1 is 0.958 bits per heavy atom. The molecule has 1 N–H and O–H groups in total. The van der Waals surface area contributed by atoms with Gasteiger partial charge in [-0.3, -0.25) is 4.79 Å². The molecule has 1 amide bonds. The molecule has 0 radical (unpaired) electrons. The third-order valence-corrected chi connectivity index (χ3v) is 6.35. The Bertz CT molecular complexity index is 560. The Balaban J connectivity index is 0.00000169. The smallest absolute Gasteiger partial charge is 0.233 e. The number of nitrogens with one attached hydrogen (secondary N) is 1. The first-order valence-electron chi connectivity index (χ1n) is 9.41. The molecule has 1 aromatic carbocycles. The standard InChI is InChI=1S/C20H28N2O.ClH/c23-19-20(10-13-21-14-11-20)12-15-22(19)18-8-6-17(7-9-18)16-4-2-1-3-5-16;/h6-9,16,21H,1-5,10-15H2;1H. The lowest BCUT2D eigenvalue weighted by molar-refractivity contribution is -0.126. The summed E-state index contributed by atoms with van der Waals surface area (Å²) in [6.45, 7) is 2.86. The summed E-state index contributed by atoms with van der Waals surface area (Å²) in [5.41, 5.74) is 2.49. The van der Waals surface area contributed by atoms with E-state index in [9.17, 15) is 4.79 Å². The van der Waals surface area contributed by atoms with Crippen LogP contribution in [0.3, 0.4) is 0 Å². The van der Waals surface area contributed by atoms with E-state index in [4.69, 9.17) is 0 Å². The van der Waals surface area contributed by atoms with Gasteiger partial charge in [-0.05, 0) is 68.8 Å². The van der Waals surface area contributed by atoms with Crippen molar-refractivity contribution >= 4 is 24.0 Å². The first-order valence-corrected chi connectivity index (χ1v) is 9.41. The number of halogens is 1. The number of anilines is 1. The van der Waals surface area contributed by atoms with Crippen LogP contribution in [-0.2, 0) is 4.79 Å². The van der Waals surface area contributed by atoms with E-state index >= 15 is 0 Å². The molecule has 24 heavy (non-hydrogen) atoms. The van der Waals surface area contributed by atoms with E-state index in [1.807, 2.05) is 4.90 Å². The van der Waals surface area contributed by atoms with Crippen molar-refractivity contribution < 1.29 is 4.79 Å². The zero-order chi connectivity index (χ0) is 15.7. The predicted molar refractivity (Wildman–Crippen MR) is 101 cm³/mol. The fourth-order valence-corrected chi connectivity index (χ4v) is 4.80. The second kappa shape index (κ2) is 7.45. The molecule has 1 aliphatic carbocycles. The number of nitrogens with zero attached hydrogens (tertiary/aromatic N) is 1. The van der Waals surface area contributed by atoms with Crippen LogP contribution >= 0.6 is 12.4 Å². The molecular weight excluding hydrogens is 320 g/mol. The lowest BCUT2D eigenvalue weighted by Gasteiger charge is -2.32. The van der Waals surface area contributed by atoms with Crippen LogP contribution in [0.4, 0.5) is 5.69 Å². The van der Waals surface area contributed by atoms with E-state index in [0.29, 0.717) is 5.91 Å². The predicted octanol–water partition coefficient (Wildman–Crippen LogP) is 4.26. The van der Waals surface area contributed by atoms with E-state index < -0.39 is 0 Å². The third kappa shape index (κ3) is 3.21. The van der Waals surface area contributed by atoms with Gasteiger partial charge in [0.15, 0.2) is 0 Å². The summed E-state index contributed by atoms with van der Waals surface area (Å²) in [6.07, 6.45) is 9.83. The molecule has 3 nitrogen and oxygen atoms in total. The van der Waals surface area contributed by atoms with Gasteiger partial charge in [0.05, 0.1) is 5.41 Å². The number of carbonyl (C=O) groups excluding carboxylic acids is 1. The van der Waals surface area contributed by atoms with Crippen LogP contribution < -0.4 is 10.2 Å².